The third kappa shape index (κ3) is 1.73. The summed E-state index contributed by atoms with van der Waals surface area (Å²) < 4.78 is 5.28. The Labute approximate surface area is 90.3 Å². The molecular weight excluding hydrogens is 190 g/mol. The Bertz CT molecular complexity index is 376. The SMILES string of the molecule is COc1ccc2c(c1C)CN(C)C[C@@H]2O. The van der Waals surface area contributed by atoms with Gasteiger partial charge in [-0.1, -0.05) is 6.07 Å². The molecule has 0 unspecified atom stereocenters. The third-order valence-electron chi connectivity index (χ3n) is 3.08. The van der Waals surface area contributed by atoms with Gasteiger partial charge in [-0.2, -0.15) is 0 Å². The van der Waals surface area contributed by atoms with Crippen LogP contribution in [-0.2, 0) is 6.54 Å². The van der Waals surface area contributed by atoms with Crippen LogP contribution in [0, 0.1) is 6.92 Å². The number of aliphatic hydroxyl groups is 1. The van der Waals surface area contributed by atoms with Gasteiger partial charge in [0.15, 0.2) is 0 Å². The lowest BCUT2D eigenvalue weighted by atomic mass is 9.93. The zero-order valence-electron chi connectivity index (χ0n) is 9.45. The average Bonchev–Trinajstić information content (AvgIpc) is 2.19. The molecule has 1 heterocycles. The van der Waals surface area contributed by atoms with Crippen molar-refractivity contribution >= 4 is 0 Å². The number of nitrogens with zero attached hydrogens (tertiary/aromatic N) is 1. The Morgan fingerprint density at radius 1 is 1.47 bits per heavy atom. The van der Waals surface area contributed by atoms with E-state index in [4.69, 9.17) is 4.74 Å². The zero-order chi connectivity index (χ0) is 11.0. The van der Waals surface area contributed by atoms with Crippen LogP contribution >= 0.6 is 0 Å². The van der Waals surface area contributed by atoms with E-state index >= 15 is 0 Å². The molecule has 0 saturated carbocycles. The molecule has 0 bridgehead atoms. The van der Waals surface area contributed by atoms with E-state index in [1.165, 1.54) is 5.56 Å². The standard InChI is InChI=1S/C12H17NO2/c1-8-10-6-13(2)7-11(14)9(10)4-5-12(8)15-3/h4-5,11,14H,6-7H2,1-3H3/t11-/m0/s1. The summed E-state index contributed by atoms with van der Waals surface area (Å²) in [6.45, 7) is 3.64. The summed E-state index contributed by atoms with van der Waals surface area (Å²) in [5, 5.41) is 9.94. The molecule has 0 aliphatic carbocycles. The van der Waals surface area contributed by atoms with Crippen LogP contribution in [0.25, 0.3) is 0 Å². The van der Waals surface area contributed by atoms with Gasteiger partial charge < -0.3 is 9.84 Å². The molecule has 0 spiro atoms. The van der Waals surface area contributed by atoms with Crippen LogP contribution in [0.2, 0.25) is 0 Å². The highest BCUT2D eigenvalue weighted by atomic mass is 16.5. The third-order valence-corrected chi connectivity index (χ3v) is 3.08. The van der Waals surface area contributed by atoms with Crippen molar-refractivity contribution in [3.8, 4) is 5.75 Å². The van der Waals surface area contributed by atoms with Gasteiger partial charge >= 0.3 is 0 Å². The summed E-state index contributed by atoms with van der Waals surface area (Å²) in [6, 6.07) is 3.90. The number of rotatable bonds is 1. The van der Waals surface area contributed by atoms with Crippen LogP contribution in [0.3, 0.4) is 0 Å². The molecule has 1 aliphatic rings. The lowest BCUT2D eigenvalue weighted by Crippen LogP contribution is -2.30. The summed E-state index contributed by atoms with van der Waals surface area (Å²) in [5.74, 6) is 0.899. The maximum Gasteiger partial charge on any atom is 0.122 e. The molecule has 0 radical (unpaired) electrons. The Morgan fingerprint density at radius 3 is 2.87 bits per heavy atom. The minimum absolute atomic E-state index is 0.372. The Hall–Kier alpha value is -1.06. The predicted octanol–water partition coefficient (Wildman–Crippen LogP) is 1.48. The van der Waals surface area contributed by atoms with Gasteiger partial charge in [0.05, 0.1) is 13.2 Å². The highest BCUT2D eigenvalue weighted by Gasteiger charge is 2.23. The van der Waals surface area contributed by atoms with E-state index in [2.05, 4.69) is 4.90 Å². The van der Waals surface area contributed by atoms with Crippen molar-refractivity contribution in [2.45, 2.75) is 19.6 Å². The first-order valence-electron chi connectivity index (χ1n) is 5.16. The second-order valence-electron chi connectivity index (χ2n) is 4.17. The van der Waals surface area contributed by atoms with Gasteiger partial charge in [-0.05, 0) is 36.7 Å². The topological polar surface area (TPSA) is 32.7 Å². The number of methoxy groups -OCH3 is 1. The molecule has 1 aromatic rings. The predicted molar refractivity (Wildman–Crippen MR) is 59.0 cm³/mol. The van der Waals surface area contributed by atoms with Crippen molar-refractivity contribution in [1.82, 2.24) is 4.90 Å². The molecule has 1 aliphatic heterocycles. The second kappa shape index (κ2) is 3.83. The summed E-state index contributed by atoms with van der Waals surface area (Å²) in [4.78, 5) is 2.12. The monoisotopic (exact) mass is 207 g/mol. The van der Waals surface area contributed by atoms with Gasteiger partial charge in [-0.15, -0.1) is 0 Å². The molecule has 0 aromatic heterocycles. The summed E-state index contributed by atoms with van der Waals surface area (Å²) >= 11 is 0. The first-order valence-corrected chi connectivity index (χ1v) is 5.16. The molecule has 1 aromatic carbocycles. The maximum absolute atomic E-state index is 9.94. The van der Waals surface area contributed by atoms with E-state index in [1.807, 2.05) is 26.1 Å². The Balaban J connectivity index is 2.51. The minimum atomic E-state index is -0.372. The fourth-order valence-electron chi connectivity index (χ4n) is 2.23. The van der Waals surface area contributed by atoms with E-state index in [0.29, 0.717) is 6.54 Å². The summed E-state index contributed by atoms with van der Waals surface area (Å²) in [7, 11) is 3.70. The first-order chi connectivity index (χ1) is 7.13. The molecule has 3 nitrogen and oxygen atoms in total. The number of aliphatic hydroxyl groups excluding tert-OH is 1. The van der Waals surface area contributed by atoms with Crippen molar-refractivity contribution in [2.75, 3.05) is 20.7 Å². The van der Waals surface area contributed by atoms with Crippen LogP contribution in [-0.4, -0.2) is 30.7 Å². The lowest BCUT2D eigenvalue weighted by Gasteiger charge is -2.30. The van der Waals surface area contributed by atoms with E-state index < -0.39 is 0 Å². The molecule has 1 atom stereocenters. The van der Waals surface area contributed by atoms with Crippen LogP contribution in [0.15, 0.2) is 12.1 Å². The average molecular weight is 207 g/mol. The molecule has 82 valence electrons. The summed E-state index contributed by atoms with van der Waals surface area (Å²) in [6.07, 6.45) is -0.372. The zero-order valence-corrected chi connectivity index (χ0v) is 9.45. The number of fused-ring (bicyclic) bond motifs is 1. The molecule has 2 rings (SSSR count). The van der Waals surface area contributed by atoms with Gasteiger partial charge in [-0.25, -0.2) is 0 Å². The van der Waals surface area contributed by atoms with Gasteiger partial charge in [0.1, 0.15) is 5.75 Å². The van der Waals surface area contributed by atoms with Crippen molar-refractivity contribution < 1.29 is 9.84 Å². The van der Waals surface area contributed by atoms with E-state index in [-0.39, 0.29) is 6.10 Å². The fourth-order valence-corrected chi connectivity index (χ4v) is 2.23. The maximum atomic E-state index is 9.94. The molecule has 15 heavy (non-hydrogen) atoms. The van der Waals surface area contributed by atoms with Crippen LogP contribution in [0.5, 0.6) is 5.75 Å². The number of likely N-dealkylation sites (N-methyl/N-ethyl adjacent to an activating group) is 1. The first kappa shape index (κ1) is 10.5. The number of hydrogen-bond donors (Lipinski definition) is 1. The van der Waals surface area contributed by atoms with E-state index in [0.717, 1.165) is 23.4 Å². The van der Waals surface area contributed by atoms with E-state index in [1.54, 1.807) is 7.11 Å². The molecule has 1 N–H and O–H groups in total. The van der Waals surface area contributed by atoms with Crippen molar-refractivity contribution in [3.63, 3.8) is 0 Å². The molecule has 0 amide bonds. The number of benzene rings is 1. The van der Waals surface area contributed by atoms with Crippen molar-refractivity contribution in [1.29, 1.82) is 0 Å². The van der Waals surface area contributed by atoms with Crippen LogP contribution < -0.4 is 4.74 Å². The van der Waals surface area contributed by atoms with Gasteiger partial charge in [0.2, 0.25) is 0 Å². The van der Waals surface area contributed by atoms with Gasteiger partial charge in [0.25, 0.3) is 0 Å². The minimum Gasteiger partial charge on any atom is -0.496 e. The highest BCUT2D eigenvalue weighted by Crippen LogP contribution is 2.32. The van der Waals surface area contributed by atoms with Gasteiger partial charge in [0, 0.05) is 13.1 Å². The Kier molecular flexibility index (Phi) is 2.67. The molecule has 0 fully saturated rings. The highest BCUT2D eigenvalue weighted by molar-refractivity contribution is 5.46. The largest absolute Gasteiger partial charge is 0.496 e. The number of ether oxygens (including phenoxy) is 1. The summed E-state index contributed by atoms with van der Waals surface area (Å²) in [5.41, 5.74) is 3.39. The van der Waals surface area contributed by atoms with E-state index in [9.17, 15) is 5.11 Å². The Morgan fingerprint density at radius 2 is 2.20 bits per heavy atom. The number of hydrogen-bond acceptors (Lipinski definition) is 3. The smallest absolute Gasteiger partial charge is 0.122 e. The van der Waals surface area contributed by atoms with Crippen molar-refractivity contribution in [2.24, 2.45) is 0 Å². The van der Waals surface area contributed by atoms with Crippen LogP contribution in [0.1, 0.15) is 22.8 Å². The number of β-amino-alcohol motifs (C(OH)–C–C–N with tert-alkyl or cyclic N) is 1. The lowest BCUT2D eigenvalue weighted by molar-refractivity contribution is 0.107. The normalized spacial score (nSPS) is 21.2. The fraction of sp³-hybridized carbons (Fsp3) is 0.500. The molecular formula is C12H17NO2. The van der Waals surface area contributed by atoms with Gasteiger partial charge in [-0.3, -0.25) is 4.90 Å². The quantitative estimate of drug-likeness (QED) is 0.757. The molecule has 3 heteroatoms. The van der Waals surface area contributed by atoms with Crippen LogP contribution in [0.4, 0.5) is 0 Å². The second-order valence-corrected chi connectivity index (χ2v) is 4.17. The molecule has 0 saturated heterocycles. The van der Waals surface area contributed by atoms with Crippen molar-refractivity contribution in [3.05, 3.63) is 28.8 Å².